The van der Waals surface area contributed by atoms with Crippen LogP contribution in [0.1, 0.15) is 11.1 Å². The quantitative estimate of drug-likeness (QED) is 0.427. The zero-order chi connectivity index (χ0) is 22.1. The highest BCUT2D eigenvalue weighted by atomic mass is 16.5. The molecule has 0 radical (unpaired) electrons. The van der Waals surface area contributed by atoms with Crippen molar-refractivity contribution in [2.24, 2.45) is 0 Å². The third kappa shape index (κ3) is 3.73. The van der Waals surface area contributed by atoms with E-state index >= 15 is 0 Å². The molecule has 0 spiro atoms. The van der Waals surface area contributed by atoms with Crippen molar-refractivity contribution in [3.05, 3.63) is 59.8 Å². The summed E-state index contributed by atoms with van der Waals surface area (Å²) in [6.07, 6.45) is 2.59. The van der Waals surface area contributed by atoms with Gasteiger partial charge in [-0.3, -0.25) is 5.10 Å². The molecule has 0 bridgehead atoms. The van der Waals surface area contributed by atoms with Crippen LogP contribution < -0.4 is 25.4 Å². The number of rotatable bonds is 6. The average Bonchev–Trinajstić information content (AvgIpc) is 3.27. The molecule has 1 atom stereocenters. The van der Waals surface area contributed by atoms with Crippen molar-refractivity contribution in [3.8, 4) is 11.5 Å². The molecule has 0 saturated heterocycles. The molecule has 2 aromatic carbocycles. The summed E-state index contributed by atoms with van der Waals surface area (Å²) in [5.41, 5.74) is 10.2. The van der Waals surface area contributed by atoms with Gasteiger partial charge in [0.25, 0.3) is 0 Å². The number of H-pyrrole nitrogens is 1. The van der Waals surface area contributed by atoms with E-state index in [2.05, 4.69) is 60.7 Å². The number of benzene rings is 2. The molecule has 32 heavy (non-hydrogen) atoms. The number of hydrogen-bond acceptors (Lipinski definition) is 8. The number of nitrogens with one attached hydrogen (secondary N) is 2. The Hall–Kier alpha value is -4.01. The number of anilines is 3. The number of methoxy groups -OCH3 is 2. The second-order valence-corrected chi connectivity index (χ2v) is 7.81. The van der Waals surface area contributed by atoms with Gasteiger partial charge in [-0.25, -0.2) is 0 Å². The minimum Gasteiger partial charge on any atom is -0.493 e. The van der Waals surface area contributed by atoms with Gasteiger partial charge in [-0.15, -0.1) is 0 Å². The van der Waals surface area contributed by atoms with Gasteiger partial charge < -0.3 is 25.4 Å². The molecule has 0 aliphatic carbocycles. The molecule has 164 valence electrons. The fourth-order valence-electron chi connectivity index (χ4n) is 4.29. The van der Waals surface area contributed by atoms with E-state index in [4.69, 9.17) is 15.2 Å². The predicted molar refractivity (Wildman–Crippen MR) is 124 cm³/mol. The third-order valence-corrected chi connectivity index (χ3v) is 5.73. The van der Waals surface area contributed by atoms with Crippen LogP contribution in [-0.2, 0) is 13.0 Å². The highest BCUT2D eigenvalue weighted by molar-refractivity contribution is 5.87. The van der Waals surface area contributed by atoms with Crippen LogP contribution in [0.4, 0.5) is 17.5 Å². The number of nitrogens with zero attached hydrogens (tertiary/aromatic N) is 4. The van der Waals surface area contributed by atoms with Crippen LogP contribution in [0, 0.1) is 0 Å². The van der Waals surface area contributed by atoms with Gasteiger partial charge in [0.2, 0.25) is 5.95 Å². The van der Waals surface area contributed by atoms with Gasteiger partial charge in [-0.2, -0.15) is 15.1 Å². The molecule has 3 heterocycles. The molecular formula is C23H25N7O2. The van der Waals surface area contributed by atoms with Crippen molar-refractivity contribution in [1.82, 2.24) is 20.2 Å². The first-order chi connectivity index (χ1) is 15.6. The summed E-state index contributed by atoms with van der Waals surface area (Å²) < 4.78 is 10.9. The normalized spacial score (nSPS) is 15.4. The minimum absolute atomic E-state index is 0.137. The standard InChI is InChI=1S/C23H25N7O2/c1-31-19-8-7-14(9-20(19)32-2)12-30-13-16(10-15-5-3-4-6-18(15)30)26-21-17-11-25-29-22(17)28-23(24)27-21/h3-9,11,16H,10,12-13H2,1-2H3,(H4,24,25,26,27,28,29). The van der Waals surface area contributed by atoms with Crippen LogP contribution in [-0.4, -0.2) is 47.0 Å². The zero-order valence-electron chi connectivity index (χ0n) is 18.0. The van der Waals surface area contributed by atoms with E-state index in [0.29, 0.717) is 11.5 Å². The molecule has 9 heteroatoms. The van der Waals surface area contributed by atoms with Crippen LogP contribution in [0.5, 0.6) is 11.5 Å². The number of nitrogen functional groups attached to an aromatic ring is 1. The maximum absolute atomic E-state index is 5.90. The van der Waals surface area contributed by atoms with E-state index in [1.807, 2.05) is 12.1 Å². The molecule has 0 amide bonds. The lowest BCUT2D eigenvalue weighted by Crippen LogP contribution is -2.42. The van der Waals surface area contributed by atoms with Gasteiger partial charge in [0, 0.05) is 24.8 Å². The lowest BCUT2D eigenvalue weighted by atomic mass is 9.97. The molecule has 4 N–H and O–H groups in total. The highest BCUT2D eigenvalue weighted by Crippen LogP contribution is 2.33. The van der Waals surface area contributed by atoms with Gasteiger partial charge in [-0.1, -0.05) is 24.3 Å². The van der Waals surface area contributed by atoms with E-state index < -0.39 is 0 Å². The van der Waals surface area contributed by atoms with Crippen molar-refractivity contribution >= 4 is 28.5 Å². The Balaban J connectivity index is 1.44. The number of nitrogens with two attached hydrogens (primary N) is 1. The van der Waals surface area contributed by atoms with E-state index in [-0.39, 0.29) is 12.0 Å². The first kappa shape index (κ1) is 19.9. The second kappa shape index (κ2) is 8.26. The monoisotopic (exact) mass is 431 g/mol. The second-order valence-electron chi connectivity index (χ2n) is 7.81. The Labute approximate surface area is 185 Å². The number of aromatic amines is 1. The van der Waals surface area contributed by atoms with Crippen LogP contribution in [0.3, 0.4) is 0 Å². The lowest BCUT2D eigenvalue weighted by molar-refractivity contribution is 0.354. The van der Waals surface area contributed by atoms with Crippen molar-refractivity contribution in [1.29, 1.82) is 0 Å². The van der Waals surface area contributed by atoms with E-state index in [0.717, 1.165) is 42.0 Å². The summed E-state index contributed by atoms with van der Waals surface area (Å²) in [6.45, 7) is 1.54. The smallest absolute Gasteiger partial charge is 0.224 e. The average molecular weight is 432 g/mol. The van der Waals surface area contributed by atoms with Crippen molar-refractivity contribution < 1.29 is 9.47 Å². The third-order valence-electron chi connectivity index (χ3n) is 5.73. The van der Waals surface area contributed by atoms with E-state index in [9.17, 15) is 0 Å². The minimum atomic E-state index is 0.137. The molecule has 9 nitrogen and oxygen atoms in total. The number of aromatic nitrogens is 4. The van der Waals surface area contributed by atoms with Gasteiger partial charge in [0.1, 0.15) is 5.82 Å². The topological polar surface area (TPSA) is 114 Å². The summed E-state index contributed by atoms with van der Waals surface area (Å²) in [6, 6.07) is 14.7. The van der Waals surface area contributed by atoms with Crippen molar-refractivity contribution in [3.63, 3.8) is 0 Å². The van der Waals surface area contributed by atoms with Crippen LogP contribution in [0.15, 0.2) is 48.7 Å². The fourth-order valence-corrected chi connectivity index (χ4v) is 4.29. The largest absolute Gasteiger partial charge is 0.493 e. The molecule has 5 rings (SSSR count). The number of hydrogen-bond donors (Lipinski definition) is 3. The van der Waals surface area contributed by atoms with Crippen LogP contribution in [0.2, 0.25) is 0 Å². The summed E-state index contributed by atoms with van der Waals surface area (Å²) in [4.78, 5) is 11.0. The SMILES string of the molecule is COc1ccc(CN2CC(Nc3nc(N)nc4[nH]ncc34)Cc3ccccc32)cc1OC. The molecule has 0 fully saturated rings. The van der Waals surface area contributed by atoms with E-state index in [1.54, 1.807) is 20.4 Å². The maximum Gasteiger partial charge on any atom is 0.224 e. The van der Waals surface area contributed by atoms with Gasteiger partial charge in [0.05, 0.1) is 25.8 Å². The molecular weight excluding hydrogens is 406 g/mol. The Morgan fingerprint density at radius 2 is 1.97 bits per heavy atom. The Morgan fingerprint density at radius 1 is 1.12 bits per heavy atom. The Kier molecular flexibility index (Phi) is 5.14. The fraction of sp³-hybridized carbons (Fsp3) is 0.261. The highest BCUT2D eigenvalue weighted by Gasteiger charge is 2.25. The molecule has 1 unspecified atom stereocenters. The Bertz CT molecular complexity index is 1260. The van der Waals surface area contributed by atoms with Crippen molar-refractivity contribution in [2.45, 2.75) is 19.0 Å². The molecule has 0 saturated carbocycles. The summed E-state index contributed by atoms with van der Waals surface area (Å²) in [5.74, 6) is 2.35. The van der Waals surface area contributed by atoms with Gasteiger partial charge in [-0.05, 0) is 35.7 Å². The zero-order valence-corrected chi connectivity index (χ0v) is 18.0. The summed E-state index contributed by atoms with van der Waals surface area (Å²) in [7, 11) is 3.30. The van der Waals surface area contributed by atoms with Crippen LogP contribution in [0.25, 0.3) is 11.0 Å². The summed E-state index contributed by atoms with van der Waals surface area (Å²) >= 11 is 0. The predicted octanol–water partition coefficient (Wildman–Crippen LogP) is 3.00. The number of ether oxygens (including phenoxy) is 2. The maximum atomic E-state index is 5.90. The summed E-state index contributed by atoms with van der Waals surface area (Å²) in [5, 5.41) is 11.3. The first-order valence-corrected chi connectivity index (χ1v) is 10.4. The number of para-hydroxylation sites is 1. The first-order valence-electron chi connectivity index (χ1n) is 10.4. The van der Waals surface area contributed by atoms with Gasteiger partial charge >= 0.3 is 0 Å². The lowest BCUT2D eigenvalue weighted by Gasteiger charge is -2.37. The number of fused-ring (bicyclic) bond motifs is 2. The van der Waals surface area contributed by atoms with E-state index in [1.165, 1.54) is 11.3 Å². The molecule has 1 aliphatic rings. The molecule has 1 aliphatic heterocycles. The van der Waals surface area contributed by atoms with Crippen molar-refractivity contribution in [2.75, 3.05) is 36.7 Å². The Morgan fingerprint density at radius 3 is 2.81 bits per heavy atom. The molecule has 4 aromatic rings. The van der Waals surface area contributed by atoms with Gasteiger partial charge in [0.15, 0.2) is 17.1 Å². The molecule has 2 aromatic heterocycles. The van der Waals surface area contributed by atoms with Crippen LogP contribution >= 0.6 is 0 Å².